The molecule has 1 spiro atoms. The molecule has 0 aromatic heterocycles. The summed E-state index contributed by atoms with van der Waals surface area (Å²) < 4.78 is 46.0. The van der Waals surface area contributed by atoms with Gasteiger partial charge in [0.05, 0.1) is 11.7 Å². The minimum Gasteiger partial charge on any atom is -0.388 e. The molecular formula is C16H19F3O2. The zero-order valence-electron chi connectivity index (χ0n) is 11.7. The summed E-state index contributed by atoms with van der Waals surface area (Å²) in [7, 11) is 0. The lowest BCUT2D eigenvalue weighted by molar-refractivity contribution is -0.113. The van der Waals surface area contributed by atoms with Gasteiger partial charge in [-0.3, -0.25) is 0 Å². The van der Waals surface area contributed by atoms with Crippen LogP contribution >= 0.6 is 0 Å². The van der Waals surface area contributed by atoms with Crippen LogP contribution in [0, 0.1) is 23.4 Å². The third-order valence-electron chi connectivity index (χ3n) is 4.85. The van der Waals surface area contributed by atoms with Crippen LogP contribution in [0.15, 0.2) is 12.1 Å². The van der Waals surface area contributed by atoms with Crippen LogP contribution in [-0.4, -0.2) is 17.3 Å². The van der Waals surface area contributed by atoms with Gasteiger partial charge in [0.25, 0.3) is 0 Å². The molecule has 21 heavy (non-hydrogen) atoms. The van der Waals surface area contributed by atoms with Crippen LogP contribution in [0.3, 0.4) is 0 Å². The van der Waals surface area contributed by atoms with E-state index in [1.165, 1.54) is 0 Å². The van der Waals surface area contributed by atoms with Crippen molar-refractivity contribution in [2.45, 2.75) is 50.2 Å². The normalized spacial score (nSPS) is 26.2. The highest BCUT2D eigenvalue weighted by Gasteiger charge is 2.42. The Labute approximate surface area is 121 Å². The van der Waals surface area contributed by atoms with Gasteiger partial charge < -0.3 is 9.84 Å². The van der Waals surface area contributed by atoms with Crippen molar-refractivity contribution in [1.82, 2.24) is 0 Å². The maximum atomic E-state index is 13.8. The Hall–Kier alpha value is -1.07. The Morgan fingerprint density at radius 1 is 1.10 bits per heavy atom. The highest BCUT2D eigenvalue weighted by molar-refractivity contribution is 5.23. The second kappa shape index (κ2) is 5.61. The van der Waals surface area contributed by atoms with Gasteiger partial charge in [-0.05, 0) is 37.7 Å². The van der Waals surface area contributed by atoms with E-state index in [4.69, 9.17) is 4.74 Å². The summed E-state index contributed by atoms with van der Waals surface area (Å²) in [5.74, 6) is -3.44. The molecule has 0 radical (unpaired) electrons. The van der Waals surface area contributed by atoms with Crippen molar-refractivity contribution >= 4 is 0 Å². The first-order chi connectivity index (χ1) is 10.0. The lowest BCUT2D eigenvalue weighted by atomic mass is 9.79. The van der Waals surface area contributed by atoms with Crippen molar-refractivity contribution in [2.24, 2.45) is 5.92 Å². The highest BCUT2D eigenvalue weighted by Crippen LogP contribution is 2.45. The molecule has 1 N–H and O–H groups in total. The lowest BCUT2D eigenvalue weighted by Crippen LogP contribution is -2.39. The maximum absolute atomic E-state index is 13.8. The molecule has 1 aliphatic carbocycles. The largest absolute Gasteiger partial charge is 0.388 e. The summed E-state index contributed by atoms with van der Waals surface area (Å²) in [6, 6.07) is 1.27. The minimum atomic E-state index is -1.23. The molecule has 1 aliphatic heterocycles. The predicted octanol–water partition coefficient (Wildman–Crippen LogP) is 3.88. The molecule has 1 saturated carbocycles. The van der Waals surface area contributed by atoms with Gasteiger partial charge in [0.2, 0.25) is 0 Å². The van der Waals surface area contributed by atoms with E-state index in [0.717, 1.165) is 31.7 Å². The van der Waals surface area contributed by atoms with Crippen molar-refractivity contribution in [3.05, 3.63) is 35.1 Å². The summed E-state index contributed by atoms with van der Waals surface area (Å²) in [5.41, 5.74) is -0.368. The number of hydrogen-bond donors (Lipinski definition) is 1. The second-order valence-corrected chi connectivity index (χ2v) is 6.22. The van der Waals surface area contributed by atoms with Crippen LogP contribution in [0.2, 0.25) is 0 Å². The predicted molar refractivity (Wildman–Crippen MR) is 71.2 cm³/mol. The van der Waals surface area contributed by atoms with Crippen LogP contribution in [0.25, 0.3) is 0 Å². The molecule has 2 unspecified atom stereocenters. The van der Waals surface area contributed by atoms with E-state index in [2.05, 4.69) is 0 Å². The molecule has 2 fully saturated rings. The number of aliphatic hydroxyl groups excluding tert-OH is 1. The molecule has 1 aromatic carbocycles. The number of benzene rings is 1. The van der Waals surface area contributed by atoms with E-state index in [9.17, 15) is 18.3 Å². The summed E-state index contributed by atoms with van der Waals surface area (Å²) in [6.45, 7) is 0.521. The SMILES string of the molecule is OC(c1cc(F)c(F)cc1F)C1CCOC2(CCCC2)C1. The highest BCUT2D eigenvalue weighted by atomic mass is 19.2. The summed E-state index contributed by atoms with van der Waals surface area (Å²) in [4.78, 5) is 0. The first-order valence-corrected chi connectivity index (χ1v) is 7.47. The van der Waals surface area contributed by atoms with Crippen LogP contribution in [0.4, 0.5) is 13.2 Å². The van der Waals surface area contributed by atoms with Gasteiger partial charge in [-0.2, -0.15) is 0 Å². The number of rotatable bonds is 2. The molecule has 0 amide bonds. The van der Waals surface area contributed by atoms with Crippen LogP contribution in [0.1, 0.15) is 50.2 Å². The van der Waals surface area contributed by atoms with E-state index in [0.29, 0.717) is 25.5 Å². The standard InChI is InChI=1S/C16H19F3O2/c17-12-8-14(19)13(18)7-11(12)15(20)10-3-6-21-16(9-10)4-1-2-5-16/h7-8,10,15,20H,1-6,9H2. The smallest absolute Gasteiger partial charge is 0.161 e. The molecule has 1 heterocycles. The Bertz CT molecular complexity index is 526. The fraction of sp³-hybridized carbons (Fsp3) is 0.625. The number of hydrogen-bond acceptors (Lipinski definition) is 2. The number of ether oxygens (including phenoxy) is 1. The molecule has 3 rings (SSSR count). The minimum absolute atomic E-state index is 0.158. The molecule has 2 nitrogen and oxygen atoms in total. The van der Waals surface area contributed by atoms with Crippen molar-refractivity contribution in [2.75, 3.05) is 6.61 Å². The third-order valence-corrected chi connectivity index (χ3v) is 4.85. The van der Waals surface area contributed by atoms with Gasteiger partial charge in [-0.1, -0.05) is 12.8 Å². The van der Waals surface area contributed by atoms with Gasteiger partial charge in [-0.15, -0.1) is 0 Å². The molecule has 1 aromatic rings. The first kappa shape index (κ1) is 14.9. The van der Waals surface area contributed by atoms with E-state index in [1.54, 1.807) is 0 Å². The topological polar surface area (TPSA) is 29.5 Å². The molecule has 0 bridgehead atoms. The van der Waals surface area contributed by atoms with Crippen LogP contribution in [-0.2, 0) is 4.74 Å². The average molecular weight is 300 g/mol. The van der Waals surface area contributed by atoms with Gasteiger partial charge in [0, 0.05) is 18.2 Å². The summed E-state index contributed by atoms with van der Waals surface area (Å²) in [6.07, 6.45) is 4.23. The van der Waals surface area contributed by atoms with E-state index < -0.39 is 23.6 Å². The van der Waals surface area contributed by atoms with E-state index >= 15 is 0 Å². The van der Waals surface area contributed by atoms with Gasteiger partial charge in [0.15, 0.2) is 11.6 Å². The molecule has 5 heteroatoms. The third kappa shape index (κ3) is 2.81. The first-order valence-electron chi connectivity index (χ1n) is 7.47. The van der Waals surface area contributed by atoms with Crippen molar-refractivity contribution < 1.29 is 23.0 Å². The Balaban J connectivity index is 1.81. The summed E-state index contributed by atoms with van der Waals surface area (Å²) >= 11 is 0. The molecular weight excluding hydrogens is 281 g/mol. The fourth-order valence-electron chi connectivity index (χ4n) is 3.72. The Morgan fingerprint density at radius 2 is 1.76 bits per heavy atom. The van der Waals surface area contributed by atoms with Crippen molar-refractivity contribution in [3.63, 3.8) is 0 Å². The zero-order chi connectivity index (χ0) is 15.0. The van der Waals surface area contributed by atoms with Gasteiger partial charge >= 0.3 is 0 Å². The molecule has 1 saturated heterocycles. The molecule has 2 aliphatic rings. The number of aliphatic hydroxyl groups is 1. The lowest BCUT2D eigenvalue weighted by Gasteiger charge is -2.40. The van der Waals surface area contributed by atoms with Crippen molar-refractivity contribution in [1.29, 1.82) is 0 Å². The van der Waals surface area contributed by atoms with Gasteiger partial charge in [0.1, 0.15) is 5.82 Å². The van der Waals surface area contributed by atoms with E-state index in [-0.39, 0.29) is 17.1 Å². The zero-order valence-corrected chi connectivity index (χ0v) is 11.7. The molecule has 2 atom stereocenters. The Morgan fingerprint density at radius 3 is 2.48 bits per heavy atom. The average Bonchev–Trinajstić information content (AvgIpc) is 2.90. The second-order valence-electron chi connectivity index (χ2n) is 6.22. The van der Waals surface area contributed by atoms with Crippen molar-refractivity contribution in [3.8, 4) is 0 Å². The van der Waals surface area contributed by atoms with Gasteiger partial charge in [-0.25, -0.2) is 13.2 Å². The number of halogens is 3. The monoisotopic (exact) mass is 300 g/mol. The van der Waals surface area contributed by atoms with E-state index in [1.807, 2.05) is 0 Å². The fourth-order valence-corrected chi connectivity index (χ4v) is 3.72. The quantitative estimate of drug-likeness (QED) is 0.840. The maximum Gasteiger partial charge on any atom is 0.161 e. The Kier molecular flexibility index (Phi) is 3.97. The molecule has 116 valence electrons. The van der Waals surface area contributed by atoms with Crippen LogP contribution < -0.4 is 0 Å². The summed E-state index contributed by atoms with van der Waals surface area (Å²) in [5, 5.41) is 10.4. The van der Waals surface area contributed by atoms with Crippen LogP contribution in [0.5, 0.6) is 0 Å².